The molecule has 1 aliphatic rings. The van der Waals surface area contributed by atoms with Crippen molar-refractivity contribution in [3.8, 4) is 0 Å². The molecule has 0 bridgehead atoms. The lowest BCUT2D eigenvalue weighted by atomic mass is 9.89. The number of anilines is 1. The van der Waals surface area contributed by atoms with Crippen LogP contribution in [0.25, 0.3) is 0 Å². The van der Waals surface area contributed by atoms with Gasteiger partial charge in [-0.05, 0) is 62.4 Å². The van der Waals surface area contributed by atoms with Crippen molar-refractivity contribution in [1.29, 1.82) is 0 Å². The summed E-state index contributed by atoms with van der Waals surface area (Å²) in [7, 11) is 4.27. The van der Waals surface area contributed by atoms with Crippen LogP contribution in [0.3, 0.4) is 0 Å². The predicted molar refractivity (Wildman–Crippen MR) is 74.8 cm³/mol. The van der Waals surface area contributed by atoms with Gasteiger partial charge < -0.3 is 10.2 Å². The van der Waals surface area contributed by atoms with Gasteiger partial charge in [-0.25, -0.2) is 0 Å². The highest BCUT2D eigenvalue weighted by molar-refractivity contribution is 5.55. The van der Waals surface area contributed by atoms with Crippen molar-refractivity contribution in [2.75, 3.05) is 32.1 Å². The number of aryl methyl sites for hydroxylation is 1. The molecule has 1 heterocycles. The molecule has 17 heavy (non-hydrogen) atoms. The molecule has 1 unspecified atom stereocenters. The Morgan fingerprint density at radius 1 is 1.35 bits per heavy atom. The highest BCUT2D eigenvalue weighted by atomic mass is 15.1. The molecule has 1 atom stereocenters. The summed E-state index contributed by atoms with van der Waals surface area (Å²) in [5.74, 6) is 0.809. The van der Waals surface area contributed by atoms with E-state index in [4.69, 9.17) is 0 Å². The molecule has 0 aliphatic carbocycles. The Morgan fingerprint density at radius 2 is 2.18 bits per heavy atom. The number of benzene rings is 1. The van der Waals surface area contributed by atoms with E-state index in [1.807, 2.05) is 0 Å². The van der Waals surface area contributed by atoms with E-state index < -0.39 is 0 Å². The number of piperidine rings is 1. The Kier molecular flexibility index (Phi) is 4.06. The molecule has 94 valence electrons. The fourth-order valence-corrected chi connectivity index (χ4v) is 2.76. The van der Waals surface area contributed by atoms with Gasteiger partial charge >= 0.3 is 0 Å². The maximum atomic E-state index is 3.51. The second kappa shape index (κ2) is 5.54. The summed E-state index contributed by atoms with van der Waals surface area (Å²) >= 11 is 0. The Morgan fingerprint density at radius 3 is 2.82 bits per heavy atom. The summed E-state index contributed by atoms with van der Waals surface area (Å²) in [6.45, 7) is 4.62. The lowest BCUT2D eigenvalue weighted by molar-refractivity contribution is 0.376. The van der Waals surface area contributed by atoms with Crippen LogP contribution < -0.4 is 10.2 Å². The van der Waals surface area contributed by atoms with Gasteiger partial charge in [0.2, 0.25) is 0 Å². The van der Waals surface area contributed by atoms with Crippen LogP contribution in [0.15, 0.2) is 18.2 Å². The number of nitrogens with one attached hydrogen (secondary N) is 1. The highest BCUT2D eigenvalue weighted by Gasteiger charge is 2.17. The van der Waals surface area contributed by atoms with Gasteiger partial charge in [-0.2, -0.15) is 0 Å². The van der Waals surface area contributed by atoms with Gasteiger partial charge in [-0.3, -0.25) is 0 Å². The molecule has 2 nitrogen and oxygen atoms in total. The average Bonchev–Trinajstić information content (AvgIpc) is 2.33. The molecule has 2 rings (SSSR count). The second-order valence-corrected chi connectivity index (χ2v) is 5.38. The van der Waals surface area contributed by atoms with E-state index in [-0.39, 0.29) is 0 Å². The lowest BCUT2D eigenvalue weighted by Crippen LogP contribution is -2.31. The fourth-order valence-electron chi connectivity index (χ4n) is 2.76. The zero-order chi connectivity index (χ0) is 12.3. The molecule has 1 saturated heterocycles. The van der Waals surface area contributed by atoms with Gasteiger partial charge in [-0.15, -0.1) is 0 Å². The SMILES string of the molecule is Cc1cccc(N(C)C)c1CC1CCCNC1. The first-order valence-corrected chi connectivity index (χ1v) is 6.65. The first kappa shape index (κ1) is 12.4. The molecule has 1 aliphatic heterocycles. The maximum Gasteiger partial charge on any atom is 0.0396 e. The van der Waals surface area contributed by atoms with Crippen LogP contribution in [0, 0.1) is 12.8 Å². The van der Waals surface area contributed by atoms with Crippen molar-refractivity contribution in [3.63, 3.8) is 0 Å². The standard InChI is InChI=1S/C15H24N2/c1-12-6-4-8-15(17(2)3)14(12)10-13-7-5-9-16-11-13/h4,6,8,13,16H,5,7,9-11H2,1-3H3. The Bertz CT molecular complexity index is 365. The van der Waals surface area contributed by atoms with Crippen LogP contribution in [0.2, 0.25) is 0 Å². The molecule has 1 fully saturated rings. The fraction of sp³-hybridized carbons (Fsp3) is 0.600. The van der Waals surface area contributed by atoms with Crippen molar-refractivity contribution in [3.05, 3.63) is 29.3 Å². The van der Waals surface area contributed by atoms with E-state index in [0.29, 0.717) is 0 Å². The maximum absolute atomic E-state index is 3.51. The van der Waals surface area contributed by atoms with E-state index in [1.165, 1.54) is 49.2 Å². The summed E-state index contributed by atoms with van der Waals surface area (Å²) < 4.78 is 0. The molecular weight excluding hydrogens is 208 g/mol. The number of hydrogen-bond acceptors (Lipinski definition) is 2. The number of rotatable bonds is 3. The molecule has 1 aromatic rings. The van der Waals surface area contributed by atoms with Gasteiger partial charge in [0.25, 0.3) is 0 Å². The summed E-state index contributed by atoms with van der Waals surface area (Å²) in [6, 6.07) is 6.63. The van der Waals surface area contributed by atoms with Crippen molar-refractivity contribution in [2.24, 2.45) is 5.92 Å². The summed E-state index contributed by atoms with van der Waals surface area (Å²) in [5.41, 5.74) is 4.35. The predicted octanol–water partition coefficient (Wildman–Crippen LogP) is 2.60. The molecule has 1 aromatic carbocycles. The summed E-state index contributed by atoms with van der Waals surface area (Å²) in [4.78, 5) is 2.23. The first-order chi connectivity index (χ1) is 8.18. The molecular formula is C15H24N2. The monoisotopic (exact) mass is 232 g/mol. The molecule has 0 spiro atoms. The van der Waals surface area contributed by atoms with E-state index in [0.717, 1.165) is 5.92 Å². The zero-order valence-electron chi connectivity index (χ0n) is 11.3. The third kappa shape index (κ3) is 3.01. The minimum Gasteiger partial charge on any atom is -0.377 e. The normalized spacial score (nSPS) is 20.3. The zero-order valence-corrected chi connectivity index (χ0v) is 11.3. The van der Waals surface area contributed by atoms with Gasteiger partial charge in [0, 0.05) is 19.8 Å². The Labute approximate surface area is 105 Å². The quantitative estimate of drug-likeness (QED) is 0.862. The van der Waals surface area contributed by atoms with Crippen LogP contribution in [0.4, 0.5) is 5.69 Å². The third-order valence-corrected chi connectivity index (χ3v) is 3.76. The van der Waals surface area contributed by atoms with Gasteiger partial charge in [0.15, 0.2) is 0 Å². The summed E-state index contributed by atoms with van der Waals surface area (Å²) in [6.07, 6.45) is 3.91. The van der Waals surface area contributed by atoms with E-state index >= 15 is 0 Å². The lowest BCUT2D eigenvalue weighted by Gasteiger charge is -2.26. The molecule has 0 saturated carbocycles. The van der Waals surface area contributed by atoms with Crippen molar-refractivity contribution < 1.29 is 0 Å². The Hall–Kier alpha value is -1.02. The van der Waals surface area contributed by atoms with Crippen LogP contribution in [-0.2, 0) is 6.42 Å². The van der Waals surface area contributed by atoms with E-state index in [9.17, 15) is 0 Å². The van der Waals surface area contributed by atoms with Crippen molar-refractivity contribution >= 4 is 5.69 Å². The molecule has 0 aromatic heterocycles. The van der Waals surface area contributed by atoms with Gasteiger partial charge in [-0.1, -0.05) is 12.1 Å². The highest BCUT2D eigenvalue weighted by Crippen LogP contribution is 2.27. The molecule has 0 amide bonds. The van der Waals surface area contributed by atoms with Crippen LogP contribution in [0.1, 0.15) is 24.0 Å². The number of nitrogens with zero attached hydrogens (tertiary/aromatic N) is 1. The average molecular weight is 232 g/mol. The van der Waals surface area contributed by atoms with Crippen molar-refractivity contribution in [1.82, 2.24) is 5.32 Å². The molecule has 2 heteroatoms. The van der Waals surface area contributed by atoms with Crippen LogP contribution in [0.5, 0.6) is 0 Å². The smallest absolute Gasteiger partial charge is 0.0396 e. The van der Waals surface area contributed by atoms with Crippen molar-refractivity contribution in [2.45, 2.75) is 26.2 Å². The minimum atomic E-state index is 0.809. The topological polar surface area (TPSA) is 15.3 Å². The first-order valence-electron chi connectivity index (χ1n) is 6.65. The largest absolute Gasteiger partial charge is 0.377 e. The second-order valence-electron chi connectivity index (χ2n) is 5.38. The van der Waals surface area contributed by atoms with E-state index in [2.05, 4.69) is 49.4 Å². The molecule has 1 N–H and O–H groups in total. The van der Waals surface area contributed by atoms with Gasteiger partial charge in [0.05, 0.1) is 0 Å². The van der Waals surface area contributed by atoms with Crippen LogP contribution in [-0.4, -0.2) is 27.2 Å². The van der Waals surface area contributed by atoms with Gasteiger partial charge in [0.1, 0.15) is 0 Å². The van der Waals surface area contributed by atoms with Crippen LogP contribution >= 0.6 is 0 Å². The molecule has 0 radical (unpaired) electrons. The third-order valence-electron chi connectivity index (χ3n) is 3.76. The number of hydrogen-bond donors (Lipinski definition) is 1. The van der Waals surface area contributed by atoms with E-state index in [1.54, 1.807) is 0 Å². The Balaban J connectivity index is 2.18. The summed E-state index contributed by atoms with van der Waals surface area (Å²) in [5, 5.41) is 3.51. The minimum absolute atomic E-state index is 0.809.